The summed E-state index contributed by atoms with van der Waals surface area (Å²) >= 11 is 0. The Morgan fingerprint density at radius 3 is 2.56 bits per heavy atom. The Kier molecular flexibility index (Phi) is 7.93. The Labute approximate surface area is 196 Å². The van der Waals surface area contributed by atoms with Gasteiger partial charge in [0.25, 0.3) is 0 Å². The second-order valence-corrected chi connectivity index (χ2v) is 7.84. The third-order valence-electron chi connectivity index (χ3n) is 5.57. The Bertz CT molecular complexity index is 1160. The number of fused-ring (bicyclic) bond motifs is 1. The zero-order chi connectivity index (χ0) is 24.9. The SMILES string of the molecule is CCCCN(CC)C(=O)Cn1nc(C(=O)c2ccc(C(F)(F)CO)nc2)c2ccc(OC)cc21. The van der Waals surface area contributed by atoms with E-state index in [1.165, 1.54) is 17.9 Å². The molecule has 3 rings (SSSR count). The summed E-state index contributed by atoms with van der Waals surface area (Å²) in [6.07, 6.45) is 2.88. The lowest BCUT2D eigenvalue weighted by atomic mass is 10.1. The highest BCUT2D eigenvalue weighted by Gasteiger charge is 2.32. The molecule has 0 aliphatic carbocycles. The number of hydrogen-bond acceptors (Lipinski definition) is 6. The monoisotopic (exact) mass is 474 g/mol. The van der Waals surface area contributed by atoms with E-state index in [1.807, 2.05) is 6.92 Å². The highest BCUT2D eigenvalue weighted by atomic mass is 19.3. The van der Waals surface area contributed by atoms with Crippen molar-refractivity contribution in [2.45, 2.75) is 39.2 Å². The lowest BCUT2D eigenvalue weighted by molar-refractivity contribution is -0.131. The van der Waals surface area contributed by atoms with Gasteiger partial charge in [0.1, 0.15) is 30.3 Å². The first-order valence-corrected chi connectivity index (χ1v) is 11.1. The highest BCUT2D eigenvalue weighted by molar-refractivity contribution is 6.15. The fraction of sp³-hybridized carbons (Fsp3) is 0.417. The summed E-state index contributed by atoms with van der Waals surface area (Å²) in [5.41, 5.74) is 0.0397. The molecule has 3 aromatic rings. The van der Waals surface area contributed by atoms with Crippen molar-refractivity contribution in [1.82, 2.24) is 19.7 Å². The van der Waals surface area contributed by atoms with Crippen molar-refractivity contribution in [3.8, 4) is 5.75 Å². The van der Waals surface area contributed by atoms with E-state index in [9.17, 15) is 18.4 Å². The number of ketones is 1. The smallest absolute Gasteiger partial charge is 0.312 e. The normalized spacial score (nSPS) is 11.6. The molecular weight excluding hydrogens is 446 g/mol. The molecule has 2 heterocycles. The number of amides is 1. The van der Waals surface area contributed by atoms with E-state index in [1.54, 1.807) is 23.1 Å². The van der Waals surface area contributed by atoms with Gasteiger partial charge in [0, 0.05) is 36.3 Å². The van der Waals surface area contributed by atoms with Crippen LogP contribution in [0.3, 0.4) is 0 Å². The zero-order valence-electron chi connectivity index (χ0n) is 19.4. The molecule has 0 aliphatic heterocycles. The molecule has 0 spiro atoms. The quantitative estimate of drug-likeness (QED) is 0.428. The molecule has 0 unspecified atom stereocenters. The summed E-state index contributed by atoms with van der Waals surface area (Å²) in [6, 6.07) is 7.26. The fourth-order valence-corrected chi connectivity index (χ4v) is 3.57. The van der Waals surface area contributed by atoms with Crippen LogP contribution < -0.4 is 4.74 Å². The number of nitrogens with zero attached hydrogens (tertiary/aromatic N) is 4. The molecule has 0 bridgehead atoms. The van der Waals surface area contributed by atoms with Gasteiger partial charge in [0.05, 0.1) is 12.6 Å². The Hall–Kier alpha value is -3.40. The Morgan fingerprint density at radius 1 is 1.21 bits per heavy atom. The van der Waals surface area contributed by atoms with E-state index < -0.39 is 24.0 Å². The zero-order valence-corrected chi connectivity index (χ0v) is 19.4. The van der Waals surface area contributed by atoms with Gasteiger partial charge in [-0.25, -0.2) is 0 Å². The van der Waals surface area contributed by atoms with Gasteiger partial charge in [0.15, 0.2) is 0 Å². The van der Waals surface area contributed by atoms with Crippen LogP contribution in [0.15, 0.2) is 36.5 Å². The molecule has 1 aromatic carbocycles. The van der Waals surface area contributed by atoms with E-state index in [4.69, 9.17) is 9.84 Å². The molecule has 0 aliphatic rings. The maximum absolute atomic E-state index is 13.7. The number of unbranched alkanes of at least 4 members (excludes halogenated alkanes) is 1. The van der Waals surface area contributed by atoms with Crippen LogP contribution in [0.2, 0.25) is 0 Å². The number of rotatable bonds is 11. The standard InChI is InChI=1S/C24H28F2N4O4/c1-4-6-11-29(5-2)21(32)14-30-19-12-17(34-3)8-9-18(19)22(28-30)23(33)16-7-10-20(27-13-16)24(25,26)15-31/h7-10,12-13,31H,4-6,11,14-15H2,1-3H3. The van der Waals surface area contributed by atoms with Gasteiger partial charge in [-0.3, -0.25) is 19.3 Å². The van der Waals surface area contributed by atoms with Crippen molar-refractivity contribution in [2.75, 3.05) is 26.8 Å². The maximum Gasteiger partial charge on any atom is 0.312 e. The van der Waals surface area contributed by atoms with Crippen LogP contribution >= 0.6 is 0 Å². The first-order chi connectivity index (χ1) is 16.2. The predicted molar refractivity (Wildman–Crippen MR) is 122 cm³/mol. The molecular formula is C24H28F2N4O4. The lowest BCUT2D eigenvalue weighted by Crippen LogP contribution is -2.34. The van der Waals surface area contributed by atoms with E-state index in [0.717, 1.165) is 25.1 Å². The summed E-state index contributed by atoms with van der Waals surface area (Å²) < 4.78 is 34.1. The molecule has 0 radical (unpaired) electrons. The van der Waals surface area contributed by atoms with E-state index in [0.29, 0.717) is 29.7 Å². The Balaban J connectivity index is 1.98. The predicted octanol–water partition coefficient (Wildman–Crippen LogP) is 3.40. The average Bonchev–Trinajstić information content (AvgIpc) is 3.21. The van der Waals surface area contributed by atoms with E-state index in [-0.39, 0.29) is 23.7 Å². The topological polar surface area (TPSA) is 97.6 Å². The molecule has 8 nitrogen and oxygen atoms in total. The number of hydrogen-bond donors (Lipinski definition) is 1. The molecule has 1 amide bonds. The van der Waals surface area contributed by atoms with Crippen LogP contribution in [-0.4, -0.2) is 63.3 Å². The van der Waals surface area contributed by atoms with Gasteiger partial charge in [-0.1, -0.05) is 13.3 Å². The van der Waals surface area contributed by atoms with Gasteiger partial charge in [-0.05, 0) is 37.6 Å². The first kappa shape index (κ1) is 25.2. The van der Waals surface area contributed by atoms with Gasteiger partial charge >= 0.3 is 5.92 Å². The maximum atomic E-state index is 13.7. The number of ether oxygens (including phenoxy) is 1. The molecule has 0 atom stereocenters. The number of carbonyl (C=O) groups is 2. The number of halogens is 2. The lowest BCUT2D eigenvalue weighted by Gasteiger charge is -2.20. The molecule has 182 valence electrons. The van der Waals surface area contributed by atoms with Crippen LogP contribution in [0.25, 0.3) is 10.9 Å². The number of aromatic nitrogens is 3. The number of aliphatic hydroxyl groups excluding tert-OH is 1. The van der Waals surface area contributed by atoms with Crippen LogP contribution in [0, 0.1) is 0 Å². The van der Waals surface area contributed by atoms with Gasteiger partial charge in [-0.2, -0.15) is 13.9 Å². The van der Waals surface area contributed by atoms with Crippen molar-refractivity contribution in [1.29, 1.82) is 0 Å². The fourth-order valence-electron chi connectivity index (χ4n) is 3.57. The number of carbonyl (C=O) groups excluding carboxylic acids is 2. The second-order valence-electron chi connectivity index (χ2n) is 7.84. The molecule has 0 fully saturated rings. The minimum absolute atomic E-state index is 0.0596. The second kappa shape index (κ2) is 10.7. The van der Waals surface area contributed by atoms with E-state index >= 15 is 0 Å². The minimum atomic E-state index is -3.50. The number of pyridine rings is 1. The number of alkyl halides is 2. The van der Waals surface area contributed by atoms with Crippen molar-refractivity contribution >= 4 is 22.6 Å². The van der Waals surface area contributed by atoms with Crippen LogP contribution in [-0.2, 0) is 17.3 Å². The minimum Gasteiger partial charge on any atom is -0.497 e. The Morgan fingerprint density at radius 2 is 1.97 bits per heavy atom. The number of methoxy groups -OCH3 is 1. The summed E-state index contributed by atoms with van der Waals surface area (Å²) in [7, 11) is 1.51. The molecule has 0 saturated carbocycles. The largest absolute Gasteiger partial charge is 0.497 e. The van der Waals surface area contributed by atoms with E-state index in [2.05, 4.69) is 17.0 Å². The molecule has 10 heteroatoms. The summed E-state index contributed by atoms with van der Waals surface area (Å²) in [5, 5.41) is 13.7. The summed E-state index contributed by atoms with van der Waals surface area (Å²) in [6.45, 7) is 3.71. The van der Waals surface area contributed by atoms with Crippen LogP contribution in [0.4, 0.5) is 8.78 Å². The van der Waals surface area contributed by atoms with Crippen molar-refractivity contribution in [3.63, 3.8) is 0 Å². The number of benzene rings is 1. The number of likely N-dealkylation sites (N-methyl/N-ethyl adjacent to an activating group) is 1. The highest BCUT2D eigenvalue weighted by Crippen LogP contribution is 2.28. The first-order valence-electron chi connectivity index (χ1n) is 11.1. The summed E-state index contributed by atoms with van der Waals surface area (Å²) in [5.74, 6) is -3.61. The average molecular weight is 475 g/mol. The van der Waals surface area contributed by atoms with Crippen molar-refractivity contribution < 1.29 is 28.2 Å². The molecule has 34 heavy (non-hydrogen) atoms. The van der Waals surface area contributed by atoms with Crippen molar-refractivity contribution in [2.24, 2.45) is 0 Å². The van der Waals surface area contributed by atoms with Crippen LogP contribution in [0.1, 0.15) is 48.4 Å². The molecule has 1 N–H and O–H groups in total. The van der Waals surface area contributed by atoms with Crippen LogP contribution in [0.5, 0.6) is 5.75 Å². The molecule has 2 aromatic heterocycles. The van der Waals surface area contributed by atoms with Gasteiger partial charge in [0.2, 0.25) is 11.7 Å². The van der Waals surface area contributed by atoms with Gasteiger partial charge in [-0.15, -0.1) is 0 Å². The number of aliphatic hydroxyl groups is 1. The van der Waals surface area contributed by atoms with Gasteiger partial charge < -0.3 is 14.7 Å². The molecule has 0 saturated heterocycles. The summed E-state index contributed by atoms with van der Waals surface area (Å²) in [4.78, 5) is 31.5. The third-order valence-corrected chi connectivity index (χ3v) is 5.57. The van der Waals surface area contributed by atoms with Crippen molar-refractivity contribution in [3.05, 3.63) is 53.5 Å². The third kappa shape index (κ3) is 5.22.